The molecule has 3 aliphatic rings. The second-order valence-corrected chi connectivity index (χ2v) is 8.51. The van der Waals surface area contributed by atoms with E-state index in [1.807, 2.05) is 18.2 Å². The Bertz CT molecular complexity index is 1060. The summed E-state index contributed by atoms with van der Waals surface area (Å²) in [5, 5.41) is 12.7. The van der Waals surface area contributed by atoms with Gasteiger partial charge in [-0.1, -0.05) is 18.2 Å². The van der Waals surface area contributed by atoms with E-state index in [2.05, 4.69) is 30.7 Å². The van der Waals surface area contributed by atoms with E-state index in [9.17, 15) is 14.4 Å². The largest absolute Gasteiger partial charge is 0.350 e. The van der Waals surface area contributed by atoms with Crippen LogP contribution in [-0.4, -0.2) is 63.0 Å². The molecule has 0 saturated carbocycles. The van der Waals surface area contributed by atoms with E-state index in [0.717, 1.165) is 37.1 Å². The highest BCUT2D eigenvalue weighted by molar-refractivity contribution is 6.06. The van der Waals surface area contributed by atoms with Gasteiger partial charge >= 0.3 is 0 Å². The number of fused-ring (bicyclic) bond motifs is 1. The smallest absolute Gasteiger partial charge is 0.255 e. The van der Waals surface area contributed by atoms with Gasteiger partial charge in [-0.15, -0.1) is 5.10 Å². The Kier molecular flexibility index (Phi) is 5.25. The van der Waals surface area contributed by atoms with E-state index in [1.54, 1.807) is 4.90 Å². The van der Waals surface area contributed by atoms with Gasteiger partial charge in [0.2, 0.25) is 23.7 Å². The van der Waals surface area contributed by atoms with Crippen molar-refractivity contribution < 1.29 is 14.4 Å². The average Bonchev–Trinajstić information content (AvgIpc) is 3.38. The number of hydrogen-bond donors (Lipinski definition) is 4. The first-order valence-corrected chi connectivity index (χ1v) is 10.9. The summed E-state index contributed by atoms with van der Waals surface area (Å²) in [5.41, 5.74) is 8.27. The second-order valence-electron chi connectivity index (χ2n) is 8.51. The summed E-state index contributed by atoms with van der Waals surface area (Å²) in [7, 11) is 0. The third kappa shape index (κ3) is 3.79. The van der Waals surface area contributed by atoms with Crippen molar-refractivity contribution in [2.75, 3.05) is 23.3 Å². The molecule has 0 radical (unpaired) electrons. The predicted molar refractivity (Wildman–Crippen MR) is 116 cm³/mol. The van der Waals surface area contributed by atoms with Gasteiger partial charge in [-0.3, -0.25) is 19.7 Å². The molecule has 32 heavy (non-hydrogen) atoms. The fourth-order valence-corrected chi connectivity index (χ4v) is 4.59. The fourth-order valence-electron chi connectivity index (χ4n) is 4.59. The van der Waals surface area contributed by atoms with Crippen LogP contribution in [0.2, 0.25) is 0 Å². The standard InChI is InChI=1S/C21H26N8O3/c22-14-6-8-28(9-7-14)21-25-20(26-27-21)23-10-12-2-1-3-13-11-29(19(32)17(12)13)15-4-5-16(30)24-18(15)31/h1-3,14-15H,4-11,22H2,(H,24,30,31)(H2,23,25,26,27). The summed E-state index contributed by atoms with van der Waals surface area (Å²) in [6, 6.07) is 5.31. The van der Waals surface area contributed by atoms with Gasteiger partial charge in [0.15, 0.2) is 0 Å². The number of rotatable bonds is 5. The summed E-state index contributed by atoms with van der Waals surface area (Å²) in [6.07, 6.45) is 2.42. The van der Waals surface area contributed by atoms with Crippen LogP contribution in [0.25, 0.3) is 0 Å². The van der Waals surface area contributed by atoms with Crippen molar-refractivity contribution in [1.29, 1.82) is 0 Å². The fraction of sp³-hybridized carbons (Fsp3) is 0.476. The average molecular weight is 438 g/mol. The van der Waals surface area contributed by atoms with E-state index in [0.29, 0.717) is 37.0 Å². The Balaban J connectivity index is 1.27. The Morgan fingerprint density at radius 3 is 2.75 bits per heavy atom. The van der Waals surface area contributed by atoms with Crippen LogP contribution in [-0.2, 0) is 22.7 Å². The molecule has 168 valence electrons. The number of imide groups is 1. The second kappa shape index (κ2) is 8.23. The summed E-state index contributed by atoms with van der Waals surface area (Å²) < 4.78 is 0. The number of anilines is 2. The Hall–Kier alpha value is -3.47. The zero-order valence-corrected chi connectivity index (χ0v) is 17.6. The molecule has 1 aromatic heterocycles. The number of amides is 3. The highest BCUT2D eigenvalue weighted by Crippen LogP contribution is 2.30. The highest BCUT2D eigenvalue weighted by atomic mass is 16.2. The molecule has 11 nitrogen and oxygen atoms in total. The number of H-pyrrole nitrogens is 1. The number of nitrogens with zero attached hydrogens (tertiary/aromatic N) is 4. The molecule has 0 bridgehead atoms. The Morgan fingerprint density at radius 2 is 1.97 bits per heavy atom. The van der Waals surface area contributed by atoms with Crippen LogP contribution in [0.15, 0.2) is 18.2 Å². The number of carbonyl (C=O) groups is 3. The number of piperidine rings is 2. The number of hydrogen-bond acceptors (Lipinski definition) is 8. The van der Waals surface area contributed by atoms with Gasteiger partial charge in [0.05, 0.1) is 0 Å². The lowest BCUT2D eigenvalue weighted by molar-refractivity contribution is -0.136. The molecule has 1 aromatic carbocycles. The van der Waals surface area contributed by atoms with E-state index in [1.165, 1.54) is 0 Å². The first kappa shape index (κ1) is 20.4. The zero-order chi connectivity index (χ0) is 22.2. The van der Waals surface area contributed by atoms with Crippen molar-refractivity contribution in [3.8, 4) is 0 Å². The molecule has 3 amide bonds. The summed E-state index contributed by atoms with van der Waals surface area (Å²) in [4.78, 5) is 45.1. The van der Waals surface area contributed by atoms with Crippen LogP contribution >= 0.6 is 0 Å². The van der Waals surface area contributed by atoms with Crippen LogP contribution in [0.1, 0.15) is 47.2 Å². The van der Waals surface area contributed by atoms with Crippen LogP contribution in [0.4, 0.5) is 11.9 Å². The molecule has 5 rings (SSSR count). The Morgan fingerprint density at radius 1 is 1.16 bits per heavy atom. The lowest BCUT2D eigenvalue weighted by Crippen LogP contribution is -2.52. The van der Waals surface area contributed by atoms with E-state index >= 15 is 0 Å². The molecule has 1 unspecified atom stereocenters. The number of benzene rings is 1. The van der Waals surface area contributed by atoms with Crippen molar-refractivity contribution in [3.05, 3.63) is 34.9 Å². The van der Waals surface area contributed by atoms with Crippen molar-refractivity contribution in [3.63, 3.8) is 0 Å². The van der Waals surface area contributed by atoms with Crippen LogP contribution in [0.3, 0.4) is 0 Å². The van der Waals surface area contributed by atoms with Gasteiger partial charge in [-0.05, 0) is 30.4 Å². The van der Waals surface area contributed by atoms with Crippen LogP contribution in [0, 0.1) is 0 Å². The zero-order valence-electron chi connectivity index (χ0n) is 17.6. The lowest BCUT2D eigenvalue weighted by atomic mass is 10.0. The maximum atomic E-state index is 13.2. The van der Waals surface area contributed by atoms with Gasteiger partial charge in [-0.2, -0.15) is 4.98 Å². The maximum Gasteiger partial charge on any atom is 0.255 e. The van der Waals surface area contributed by atoms with Gasteiger partial charge < -0.3 is 20.9 Å². The Labute approximate surface area is 184 Å². The molecule has 0 spiro atoms. The predicted octanol–water partition coefficient (Wildman–Crippen LogP) is 0.105. The number of nitrogens with one attached hydrogen (secondary N) is 3. The number of aromatic amines is 1. The minimum Gasteiger partial charge on any atom is -0.350 e. The highest BCUT2D eigenvalue weighted by Gasteiger charge is 2.39. The number of nitrogens with two attached hydrogens (primary N) is 1. The van der Waals surface area contributed by atoms with Crippen LogP contribution in [0.5, 0.6) is 0 Å². The normalized spacial score (nSPS) is 21.7. The minimum absolute atomic E-state index is 0.185. The lowest BCUT2D eigenvalue weighted by Gasteiger charge is -2.29. The molecule has 11 heteroatoms. The van der Waals surface area contributed by atoms with Crippen molar-refractivity contribution in [1.82, 2.24) is 25.4 Å². The molecule has 2 saturated heterocycles. The summed E-state index contributed by atoms with van der Waals surface area (Å²) >= 11 is 0. The van der Waals surface area contributed by atoms with E-state index in [-0.39, 0.29) is 24.3 Å². The molecule has 3 aliphatic heterocycles. The third-order valence-corrected chi connectivity index (χ3v) is 6.38. The topological polar surface area (TPSA) is 149 Å². The number of carbonyl (C=O) groups excluding carboxylic acids is 3. The van der Waals surface area contributed by atoms with Crippen molar-refractivity contribution in [2.45, 2.75) is 50.9 Å². The van der Waals surface area contributed by atoms with Crippen molar-refractivity contribution >= 4 is 29.6 Å². The van der Waals surface area contributed by atoms with E-state index < -0.39 is 11.9 Å². The monoisotopic (exact) mass is 438 g/mol. The molecule has 1 atom stereocenters. The van der Waals surface area contributed by atoms with Gasteiger partial charge in [0, 0.05) is 44.2 Å². The third-order valence-electron chi connectivity index (χ3n) is 6.38. The summed E-state index contributed by atoms with van der Waals surface area (Å²) in [5.74, 6) is 0.279. The SMILES string of the molecule is NC1CCN(c2n[nH]c(NCc3cccc4c3C(=O)N(C3CCC(=O)NC3=O)C4)n2)CC1. The summed E-state index contributed by atoms with van der Waals surface area (Å²) in [6.45, 7) is 2.40. The van der Waals surface area contributed by atoms with E-state index in [4.69, 9.17) is 5.73 Å². The first-order chi connectivity index (χ1) is 15.5. The van der Waals surface area contributed by atoms with Crippen molar-refractivity contribution in [2.24, 2.45) is 5.73 Å². The molecular formula is C21H26N8O3. The quantitative estimate of drug-likeness (QED) is 0.481. The first-order valence-electron chi connectivity index (χ1n) is 10.9. The molecular weight excluding hydrogens is 412 g/mol. The molecule has 0 aliphatic carbocycles. The van der Waals surface area contributed by atoms with Gasteiger partial charge in [-0.25, -0.2) is 5.10 Å². The van der Waals surface area contributed by atoms with Crippen LogP contribution < -0.4 is 21.3 Å². The van der Waals surface area contributed by atoms with Gasteiger partial charge in [0.1, 0.15) is 6.04 Å². The number of aromatic nitrogens is 3. The minimum atomic E-state index is -0.622. The molecule has 5 N–H and O–H groups in total. The molecule has 2 fully saturated rings. The molecule has 2 aromatic rings. The molecule has 4 heterocycles. The van der Waals surface area contributed by atoms with Gasteiger partial charge in [0.25, 0.3) is 5.91 Å². The maximum absolute atomic E-state index is 13.2.